The monoisotopic (exact) mass is 354 g/mol. The summed E-state index contributed by atoms with van der Waals surface area (Å²) < 4.78 is 1.06. The van der Waals surface area contributed by atoms with E-state index in [-0.39, 0.29) is 0 Å². The second-order valence-electron chi connectivity index (χ2n) is 4.05. The fraction of sp³-hybridized carbons (Fsp3) is 0.308. The van der Waals surface area contributed by atoms with Gasteiger partial charge < -0.3 is 5.32 Å². The van der Waals surface area contributed by atoms with Crippen molar-refractivity contribution >= 4 is 28.4 Å². The van der Waals surface area contributed by atoms with Crippen molar-refractivity contribution in [3.05, 3.63) is 33.2 Å². The third-order valence-corrected chi connectivity index (χ3v) is 3.79. The predicted molar refractivity (Wildman–Crippen MR) is 81.6 cm³/mol. The van der Waals surface area contributed by atoms with Crippen molar-refractivity contribution in [1.29, 1.82) is 0 Å². The van der Waals surface area contributed by atoms with E-state index in [0.717, 1.165) is 32.9 Å². The van der Waals surface area contributed by atoms with Gasteiger partial charge in [0.1, 0.15) is 11.5 Å². The van der Waals surface area contributed by atoms with Gasteiger partial charge >= 0.3 is 0 Å². The maximum absolute atomic E-state index is 4.53. The van der Waals surface area contributed by atoms with Crippen LogP contribution in [0.1, 0.15) is 18.2 Å². The lowest BCUT2D eigenvalue weighted by molar-refractivity contribution is 1.05. The van der Waals surface area contributed by atoms with Crippen molar-refractivity contribution in [3.63, 3.8) is 0 Å². The van der Waals surface area contributed by atoms with E-state index in [1.165, 1.54) is 0 Å². The number of hydrogen-bond donors (Lipinski definition) is 1. The van der Waals surface area contributed by atoms with Crippen LogP contribution in [0.4, 0.5) is 5.82 Å². The molecule has 0 amide bonds. The summed E-state index contributed by atoms with van der Waals surface area (Å²) in [4.78, 5) is 13.4. The van der Waals surface area contributed by atoms with Gasteiger partial charge in [-0.1, -0.05) is 6.07 Å². The molecule has 0 aliphatic heterocycles. The van der Waals surface area contributed by atoms with Gasteiger partial charge in [0.15, 0.2) is 5.82 Å². The highest BCUT2D eigenvalue weighted by Crippen LogP contribution is 2.22. The first-order valence-corrected chi connectivity index (χ1v) is 6.90. The second kappa shape index (κ2) is 5.60. The lowest BCUT2D eigenvalue weighted by atomic mass is 10.2. The highest BCUT2D eigenvalue weighted by atomic mass is 127. The van der Waals surface area contributed by atoms with Crippen molar-refractivity contribution in [1.82, 2.24) is 15.0 Å². The van der Waals surface area contributed by atoms with E-state index in [9.17, 15) is 0 Å². The largest absolute Gasteiger partial charge is 0.369 e. The van der Waals surface area contributed by atoms with E-state index in [0.29, 0.717) is 5.82 Å². The normalized spacial score (nSPS) is 10.4. The van der Waals surface area contributed by atoms with Crippen LogP contribution in [0.15, 0.2) is 18.3 Å². The molecule has 94 valence electrons. The van der Waals surface area contributed by atoms with Crippen molar-refractivity contribution in [3.8, 4) is 11.5 Å². The number of aryl methyl sites for hydroxylation is 2. The highest BCUT2D eigenvalue weighted by molar-refractivity contribution is 14.1. The van der Waals surface area contributed by atoms with Gasteiger partial charge in [0.2, 0.25) is 0 Å². The Balaban J connectivity index is 2.48. The first-order valence-electron chi connectivity index (χ1n) is 5.83. The maximum atomic E-state index is 4.53. The molecule has 2 aromatic rings. The average Bonchev–Trinajstić information content (AvgIpc) is 2.36. The van der Waals surface area contributed by atoms with Crippen LogP contribution in [-0.2, 0) is 0 Å². The van der Waals surface area contributed by atoms with Crippen molar-refractivity contribution in [2.45, 2.75) is 20.8 Å². The smallest absolute Gasteiger partial charge is 0.180 e. The fourth-order valence-electron chi connectivity index (χ4n) is 1.56. The van der Waals surface area contributed by atoms with Crippen molar-refractivity contribution in [2.75, 3.05) is 11.9 Å². The Kier molecular flexibility index (Phi) is 4.11. The van der Waals surface area contributed by atoms with E-state index in [4.69, 9.17) is 0 Å². The van der Waals surface area contributed by atoms with Crippen LogP contribution in [0.25, 0.3) is 11.5 Å². The minimum Gasteiger partial charge on any atom is -0.369 e. The Morgan fingerprint density at radius 1 is 1.22 bits per heavy atom. The molecule has 5 heteroatoms. The quantitative estimate of drug-likeness (QED) is 0.861. The van der Waals surface area contributed by atoms with E-state index in [1.54, 1.807) is 0 Å². The highest BCUT2D eigenvalue weighted by Gasteiger charge is 2.10. The third kappa shape index (κ3) is 2.77. The lowest BCUT2D eigenvalue weighted by Crippen LogP contribution is -2.06. The molecule has 0 bridgehead atoms. The van der Waals surface area contributed by atoms with Gasteiger partial charge in [0, 0.05) is 12.7 Å². The zero-order valence-electron chi connectivity index (χ0n) is 10.7. The molecule has 0 saturated heterocycles. The van der Waals surface area contributed by atoms with Crippen molar-refractivity contribution < 1.29 is 0 Å². The summed E-state index contributed by atoms with van der Waals surface area (Å²) >= 11 is 2.26. The Labute approximate surface area is 120 Å². The molecular formula is C13H15IN4. The SMILES string of the molecule is CCNc1nc(-c2ccc(C)cn2)nc(C)c1I. The molecule has 4 nitrogen and oxygen atoms in total. The molecule has 0 spiro atoms. The topological polar surface area (TPSA) is 50.7 Å². The Morgan fingerprint density at radius 2 is 2.00 bits per heavy atom. The molecule has 18 heavy (non-hydrogen) atoms. The van der Waals surface area contributed by atoms with E-state index >= 15 is 0 Å². The van der Waals surface area contributed by atoms with Gasteiger partial charge in [-0.25, -0.2) is 9.97 Å². The molecule has 0 fully saturated rings. The summed E-state index contributed by atoms with van der Waals surface area (Å²) in [5.41, 5.74) is 2.91. The van der Waals surface area contributed by atoms with Gasteiger partial charge in [-0.2, -0.15) is 0 Å². The first kappa shape index (κ1) is 13.2. The van der Waals surface area contributed by atoms with Crippen LogP contribution in [0.5, 0.6) is 0 Å². The molecule has 0 saturated carbocycles. The van der Waals surface area contributed by atoms with Gasteiger partial charge in [-0.15, -0.1) is 0 Å². The lowest BCUT2D eigenvalue weighted by Gasteiger charge is -2.09. The molecule has 0 aliphatic rings. The summed E-state index contributed by atoms with van der Waals surface area (Å²) in [5.74, 6) is 1.55. The average molecular weight is 354 g/mol. The number of halogens is 1. The van der Waals surface area contributed by atoms with E-state index < -0.39 is 0 Å². The van der Waals surface area contributed by atoms with Crippen LogP contribution in [0.3, 0.4) is 0 Å². The second-order valence-corrected chi connectivity index (χ2v) is 5.13. The summed E-state index contributed by atoms with van der Waals surface area (Å²) in [6.07, 6.45) is 1.83. The van der Waals surface area contributed by atoms with Gasteiger partial charge in [0.25, 0.3) is 0 Å². The molecular weight excluding hydrogens is 339 g/mol. The van der Waals surface area contributed by atoms with Crippen LogP contribution in [0, 0.1) is 17.4 Å². The summed E-state index contributed by atoms with van der Waals surface area (Å²) in [5, 5.41) is 3.25. The van der Waals surface area contributed by atoms with Crippen molar-refractivity contribution in [2.24, 2.45) is 0 Å². The number of pyridine rings is 1. The molecule has 0 aliphatic carbocycles. The van der Waals surface area contributed by atoms with E-state index in [1.807, 2.05) is 32.2 Å². The number of aromatic nitrogens is 3. The minimum atomic E-state index is 0.670. The van der Waals surface area contributed by atoms with Crippen LogP contribution >= 0.6 is 22.6 Å². The predicted octanol–water partition coefficient (Wildman–Crippen LogP) is 3.19. The summed E-state index contributed by atoms with van der Waals surface area (Å²) in [7, 11) is 0. The molecule has 0 aromatic carbocycles. The molecule has 2 heterocycles. The summed E-state index contributed by atoms with van der Waals surface area (Å²) in [6, 6.07) is 3.97. The van der Waals surface area contributed by atoms with Crippen LogP contribution in [-0.4, -0.2) is 21.5 Å². The van der Waals surface area contributed by atoms with Crippen LogP contribution in [0.2, 0.25) is 0 Å². The molecule has 0 radical (unpaired) electrons. The molecule has 2 rings (SSSR count). The minimum absolute atomic E-state index is 0.670. The van der Waals surface area contributed by atoms with Gasteiger partial charge in [0.05, 0.1) is 9.26 Å². The molecule has 1 N–H and O–H groups in total. The number of anilines is 1. The summed E-state index contributed by atoms with van der Waals surface area (Å²) in [6.45, 7) is 6.90. The number of nitrogens with zero attached hydrogens (tertiary/aromatic N) is 3. The third-order valence-electron chi connectivity index (χ3n) is 2.50. The van der Waals surface area contributed by atoms with E-state index in [2.05, 4.69) is 49.8 Å². The molecule has 0 atom stereocenters. The van der Waals surface area contributed by atoms with Crippen LogP contribution < -0.4 is 5.32 Å². The zero-order valence-corrected chi connectivity index (χ0v) is 12.8. The Bertz CT molecular complexity index is 552. The fourth-order valence-corrected chi connectivity index (χ4v) is 1.99. The van der Waals surface area contributed by atoms with Gasteiger partial charge in [-0.05, 0) is 55.0 Å². The maximum Gasteiger partial charge on any atom is 0.180 e. The zero-order chi connectivity index (χ0) is 13.1. The Morgan fingerprint density at radius 3 is 2.61 bits per heavy atom. The number of hydrogen-bond acceptors (Lipinski definition) is 4. The number of rotatable bonds is 3. The first-order chi connectivity index (χ1) is 8.61. The number of nitrogens with one attached hydrogen (secondary N) is 1. The van der Waals surface area contributed by atoms with Gasteiger partial charge in [-0.3, -0.25) is 4.98 Å². The molecule has 2 aromatic heterocycles. The standard InChI is InChI=1S/C13H15IN4/c1-4-15-13-11(14)9(3)17-12(18-13)10-6-5-8(2)7-16-10/h5-7H,4H2,1-3H3,(H,15,17,18). The molecule has 0 unspecified atom stereocenters. The Hall–Kier alpha value is -1.24.